The Balaban J connectivity index is 1.41. The first-order chi connectivity index (χ1) is 14.9. The Morgan fingerprint density at radius 2 is 1.77 bits per heavy atom. The molecule has 3 aromatic rings. The number of tetrazole rings is 1. The van der Waals surface area contributed by atoms with Crippen LogP contribution < -0.4 is 10.6 Å². The van der Waals surface area contributed by atoms with Crippen molar-refractivity contribution in [3.63, 3.8) is 0 Å². The lowest BCUT2D eigenvalue weighted by Gasteiger charge is -2.35. The Morgan fingerprint density at radius 3 is 2.45 bits per heavy atom. The molecule has 2 aromatic carbocycles. The largest absolute Gasteiger partial charge is 0.368 e. The van der Waals surface area contributed by atoms with E-state index in [0.29, 0.717) is 42.6 Å². The number of carbonyl (C=O) groups is 1. The number of piperazine rings is 1. The van der Waals surface area contributed by atoms with Crippen molar-refractivity contribution in [3.8, 4) is 5.69 Å². The maximum absolute atomic E-state index is 12.7. The second-order valence-corrected chi connectivity index (χ2v) is 7.36. The summed E-state index contributed by atoms with van der Waals surface area (Å²) in [5.74, 6) is -0.271. The van der Waals surface area contributed by atoms with Crippen molar-refractivity contribution >= 4 is 28.9 Å². The fourth-order valence-electron chi connectivity index (χ4n) is 3.44. The minimum absolute atomic E-state index is 0.0728. The van der Waals surface area contributed by atoms with E-state index in [1.54, 1.807) is 41.3 Å². The normalized spacial score (nSPS) is 14.0. The fourth-order valence-corrected chi connectivity index (χ4v) is 3.61. The SMILES string of the molecule is O=C(Cn1nnn(-c2ccccc2)c1=O)N1CCN(c2ccc(Cl)cc2[N+](=O)[O-])CC1. The van der Waals surface area contributed by atoms with Crippen LogP contribution in [0, 0.1) is 10.1 Å². The molecule has 1 saturated heterocycles. The lowest BCUT2D eigenvalue weighted by atomic mass is 10.2. The van der Waals surface area contributed by atoms with Gasteiger partial charge in [0.15, 0.2) is 0 Å². The standard InChI is InChI=1S/C19H18ClN7O4/c20-14-6-7-16(17(12-14)27(30)31)23-8-10-24(11-9-23)18(28)13-25-19(29)26(22-21-25)15-4-2-1-3-5-15/h1-7,12H,8-11,13H2. The van der Waals surface area contributed by atoms with E-state index in [0.717, 1.165) is 9.36 Å². The molecular formula is C19H18ClN7O4. The number of amides is 1. The summed E-state index contributed by atoms with van der Waals surface area (Å²) in [5.41, 5.74) is 0.444. The molecule has 11 nitrogen and oxygen atoms in total. The number of para-hydroxylation sites is 1. The van der Waals surface area contributed by atoms with E-state index < -0.39 is 10.6 Å². The van der Waals surface area contributed by atoms with E-state index in [2.05, 4.69) is 10.4 Å². The summed E-state index contributed by atoms with van der Waals surface area (Å²) in [6, 6.07) is 13.3. The third-order valence-electron chi connectivity index (χ3n) is 5.03. The number of benzene rings is 2. The van der Waals surface area contributed by atoms with E-state index in [-0.39, 0.29) is 18.1 Å². The molecule has 12 heteroatoms. The molecule has 160 valence electrons. The van der Waals surface area contributed by atoms with Gasteiger partial charge in [-0.25, -0.2) is 4.79 Å². The number of anilines is 1. The fraction of sp³-hybridized carbons (Fsp3) is 0.263. The third-order valence-corrected chi connectivity index (χ3v) is 5.27. The van der Waals surface area contributed by atoms with E-state index in [1.807, 2.05) is 11.0 Å². The molecule has 0 radical (unpaired) electrons. The van der Waals surface area contributed by atoms with Gasteiger partial charge in [0.25, 0.3) is 5.69 Å². The van der Waals surface area contributed by atoms with Crippen molar-refractivity contribution in [1.82, 2.24) is 24.7 Å². The summed E-state index contributed by atoms with van der Waals surface area (Å²) in [6.07, 6.45) is 0. The lowest BCUT2D eigenvalue weighted by molar-refractivity contribution is -0.384. The Labute approximate surface area is 181 Å². The summed E-state index contributed by atoms with van der Waals surface area (Å²) < 4.78 is 2.15. The van der Waals surface area contributed by atoms with Crippen molar-refractivity contribution in [3.05, 3.63) is 74.2 Å². The first-order valence-electron chi connectivity index (χ1n) is 9.49. The number of hydrogen-bond donors (Lipinski definition) is 0. The highest BCUT2D eigenvalue weighted by atomic mass is 35.5. The zero-order valence-corrected chi connectivity index (χ0v) is 17.1. The van der Waals surface area contributed by atoms with E-state index >= 15 is 0 Å². The first kappa shape index (κ1) is 20.5. The van der Waals surface area contributed by atoms with E-state index in [9.17, 15) is 19.7 Å². The molecule has 0 atom stereocenters. The van der Waals surface area contributed by atoms with Gasteiger partial charge in [0, 0.05) is 37.3 Å². The van der Waals surface area contributed by atoms with Crippen molar-refractivity contribution in [2.75, 3.05) is 31.1 Å². The Hall–Kier alpha value is -3.73. The van der Waals surface area contributed by atoms with Crippen LogP contribution in [0.15, 0.2) is 53.3 Å². The van der Waals surface area contributed by atoms with Crippen LogP contribution in [0.2, 0.25) is 5.02 Å². The molecular weight excluding hydrogens is 426 g/mol. The van der Waals surface area contributed by atoms with Gasteiger partial charge in [-0.2, -0.15) is 9.36 Å². The van der Waals surface area contributed by atoms with Gasteiger partial charge < -0.3 is 9.80 Å². The highest BCUT2D eigenvalue weighted by molar-refractivity contribution is 6.30. The molecule has 31 heavy (non-hydrogen) atoms. The van der Waals surface area contributed by atoms with Gasteiger partial charge in [-0.15, -0.1) is 0 Å². The van der Waals surface area contributed by atoms with Crippen LogP contribution in [0.1, 0.15) is 0 Å². The summed E-state index contributed by atoms with van der Waals surface area (Å²) >= 11 is 5.88. The molecule has 4 rings (SSSR count). The number of rotatable bonds is 5. The zero-order chi connectivity index (χ0) is 22.0. The van der Waals surface area contributed by atoms with Gasteiger partial charge >= 0.3 is 5.69 Å². The topological polar surface area (TPSA) is 119 Å². The van der Waals surface area contributed by atoms with Gasteiger partial charge in [0.2, 0.25) is 5.91 Å². The third kappa shape index (κ3) is 4.26. The van der Waals surface area contributed by atoms with Gasteiger partial charge in [0.05, 0.1) is 10.6 Å². The van der Waals surface area contributed by atoms with E-state index in [1.165, 1.54) is 6.07 Å². The Kier molecular flexibility index (Phi) is 5.67. The van der Waals surface area contributed by atoms with Gasteiger partial charge in [-0.3, -0.25) is 14.9 Å². The van der Waals surface area contributed by atoms with Crippen LogP contribution in [0.3, 0.4) is 0 Å². The Bertz CT molecular complexity index is 1170. The van der Waals surface area contributed by atoms with Crippen LogP contribution in [-0.4, -0.2) is 61.7 Å². The molecule has 1 fully saturated rings. The minimum Gasteiger partial charge on any atom is -0.362 e. The van der Waals surface area contributed by atoms with Crippen molar-refractivity contribution in [2.24, 2.45) is 0 Å². The highest BCUT2D eigenvalue weighted by Crippen LogP contribution is 2.31. The Morgan fingerprint density at radius 1 is 1.06 bits per heavy atom. The van der Waals surface area contributed by atoms with Crippen LogP contribution in [0.5, 0.6) is 0 Å². The summed E-state index contributed by atoms with van der Waals surface area (Å²) in [4.78, 5) is 39.5. The smallest absolute Gasteiger partial charge is 0.362 e. The number of hydrogen-bond acceptors (Lipinski definition) is 7. The van der Waals surface area contributed by atoms with E-state index in [4.69, 9.17) is 11.6 Å². The first-order valence-corrected chi connectivity index (χ1v) is 9.87. The molecule has 0 N–H and O–H groups in total. The number of nitro groups is 1. The lowest BCUT2D eigenvalue weighted by Crippen LogP contribution is -2.50. The molecule has 0 aliphatic carbocycles. The van der Waals surface area contributed by atoms with Crippen molar-refractivity contribution < 1.29 is 9.72 Å². The minimum atomic E-state index is -0.505. The van der Waals surface area contributed by atoms with Gasteiger partial charge in [-0.05, 0) is 34.7 Å². The quantitative estimate of drug-likeness (QED) is 0.431. The number of halogens is 1. The predicted molar refractivity (Wildman–Crippen MR) is 113 cm³/mol. The van der Waals surface area contributed by atoms with Crippen molar-refractivity contribution in [1.29, 1.82) is 0 Å². The molecule has 0 spiro atoms. The second kappa shape index (κ2) is 8.56. The van der Waals surface area contributed by atoms with Crippen LogP contribution in [0.4, 0.5) is 11.4 Å². The number of nitrogens with zero attached hydrogens (tertiary/aromatic N) is 7. The molecule has 1 aliphatic rings. The molecule has 1 amide bonds. The van der Waals surface area contributed by atoms with Crippen molar-refractivity contribution in [2.45, 2.75) is 6.54 Å². The highest BCUT2D eigenvalue weighted by Gasteiger charge is 2.26. The molecule has 0 unspecified atom stereocenters. The second-order valence-electron chi connectivity index (χ2n) is 6.92. The van der Waals surface area contributed by atoms with Crippen LogP contribution >= 0.6 is 11.6 Å². The molecule has 0 bridgehead atoms. The number of nitro benzene ring substituents is 1. The average Bonchev–Trinajstić information content (AvgIpc) is 3.14. The predicted octanol–water partition coefficient (Wildman–Crippen LogP) is 1.34. The molecule has 1 aliphatic heterocycles. The van der Waals surface area contributed by atoms with Gasteiger partial charge in [0.1, 0.15) is 12.2 Å². The van der Waals surface area contributed by atoms with Gasteiger partial charge in [-0.1, -0.05) is 29.8 Å². The zero-order valence-electron chi connectivity index (χ0n) is 16.3. The number of carbonyl (C=O) groups excluding carboxylic acids is 1. The average molecular weight is 444 g/mol. The summed E-state index contributed by atoms with van der Waals surface area (Å²) in [7, 11) is 0. The van der Waals surface area contributed by atoms with Crippen LogP contribution in [0.25, 0.3) is 5.69 Å². The monoisotopic (exact) mass is 443 g/mol. The molecule has 1 aromatic heterocycles. The number of aromatic nitrogens is 4. The van der Waals surface area contributed by atoms with Crippen LogP contribution in [-0.2, 0) is 11.3 Å². The molecule has 2 heterocycles. The summed E-state index contributed by atoms with van der Waals surface area (Å²) in [5, 5.41) is 19.3. The maximum Gasteiger partial charge on any atom is 0.368 e. The molecule has 0 saturated carbocycles. The summed E-state index contributed by atoms with van der Waals surface area (Å²) in [6.45, 7) is 1.33. The maximum atomic E-state index is 12.7.